The first-order chi connectivity index (χ1) is 11.2. The minimum absolute atomic E-state index is 0.00367. The van der Waals surface area contributed by atoms with Crippen LogP contribution in [0, 0.1) is 4.77 Å². The van der Waals surface area contributed by atoms with Gasteiger partial charge in [0.05, 0.1) is 26.9 Å². The molecule has 0 fully saturated rings. The van der Waals surface area contributed by atoms with Crippen molar-refractivity contribution in [3.63, 3.8) is 0 Å². The Bertz CT molecular complexity index is 941. The van der Waals surface area contributed by atoms with E-state index in [1.807, 2.05) is 24.3 Å². The molecule has 0 bridgehead atoms. The normalized spacial score (nSPS) is 11.6. The second-order valence-electron chi connectivity index (χ2n) is 5.37. The molecule has 1 amide bonds. The molecule has 1 aromatic heterocycles. The second kappa shape index (κ2) is 7.29. The lowest BCUT2D eigenvalue weighted by Gasteiger charge is -2.08. The number of nitrogens with zero attached hydrogens (tertiary/aromatic N) is 2. The van der Waals surface area contributed by atoms with Gasteiger partial charge in [0.15, 0.2) is 4.77 Å². The molecular weight excluding hydrogens is 350 g/mol. The van der Waals surface area contributed by atoms with Crippen LogP contribution in [0.15, 0.2) is 36.4 Å². The zero-order chi connectivity index (χ0) is 17.9. The predicted molar refractivity (Wildman–Crippen MR) is 93.1 cm³/mol. The van der Waals surface area contributed by atoms with E-state index in [0.717, 1.165) is 11.0 Å². The predicted octanol–water partition coefficient (Wildman–Crippen LogP) is 1.41. The summed E-state index contributed by atoms with van der Waals surface area (Å²) in [7, 11) is -4.33. The molecule has 0 atom stereocenters. The summed E-state index contributed by atoms with van der Waals surface area (Å²) < 4.78 is 36.6. The van der Waals surface area contributed by atoms with E-state index < -0.39 is 15.9 Å². The van der Waals surface area contributed by atoms with E-state index in [0.29, 0.717) is 23.4 Å². The van der Waals surface area contributed by atoms with Gasteiger partial charge in [-0.15, -0.1) is 0 Å². The second-order valence-corrected chi connectivity index (χ2v) is 7.26. The van der Waals surface area contributed by atoms with Crippen molar-refractivity contribution in [1.29, 1.82) is 0 Å². The third-order valence-electron chi connectivity index (χ3n) is 3.50. The van der Waals surface area contributed by atoms with Crippen molar-refractivity contribution < 1.29 is 17.8 Å². The molecule has 2 aromatic rings. The van der Waals surface area contributed by atoms with E-state index in [1.165, 1.54) is 0 Å². The van der Waals surface area contributed by atoms with Crippen LogP contribution in [0.1, 0.15) is 6.92 Å². The van der Waals surface area contributed by atoms with Gasteiger partial charge in [-0.1, -0.05) is 18.7 Å². The van der Waals surface area contributed by atoms with Gasteiger partial charge in [-0.25, -0.2) is 8.42 Å². The Morgan fingerprint density at radius 1 is 1.25 bits per heavy atom. The fourth-order valence-corrected chi connectivity index (χ4v) is 3.13. The van der Waals surface area contributed by atoms with Gasteiger partial charge in [0, 0.05) is 25.2 Å². The number of rotatable bonds is 7. The number of nitrogens with one attached hydrogen (secondary N) is 1. The monoisotopic (exact) mass is 368 g/mol. The molecule has 0 radical (unpaired) electrons. The standard InChI is InChI=1S/C15H19N3O4S2/c1-11(2)14(19)16-7-8-17-12-5-3-4-6-13(12)18(15(17)23)9-10-24(20,21)22/h3-6H,1,7-10H2,2H3,(H,16,19)(H,20,21,22)/p-1. The summed E-state index contributed by atoms with van der Waals surface area (Å²) in [4.78, 5) is 11.5. The summed E-state index contributed by atoms with van der Waals surface area (Å²) in [6.07, 6.45) is 0. The molecule has 9 heteroatoms. The lowest BCUT2D eigenvalue weighted by atomic mass is 10.3. The number of aromatic nitrogens is 2. The average molecular weight is 368 g/mol. The molecule has 7 nitrogen and oxygen atoms in total. The molecule has 2 rings (SSSR count). The highest BCUT2D eigenvalue weighted by Gasteiger charge is 2.11. The Morgan fingerprint density at radius 2 is 1.79 bits per heavy atom. The Labute approximate surface area is 145 Å². The van der Waals surface area contributed by atoms with Gasteiger partial charge in [-0.2, -0.15) is 0 Å². The Morgan fingerprint density at radius 3 is 2.29 bits per heavy atom. The van der Waals surface area contributed by atoms with Gasteiger partial charge in [0.25, 0.3) is 0 Å². The van der Waals surface area contributed by atoms with Crippen LogP contribution in [0.4, 0.5) is 0 Å². The van der Waals surface area contributed by atoms with Crippen LogP contribution in [0.25, 0.3) is 11.0 Å². The number of fused-ring (bicyclic) bond motifs is 1. The van der Waals surface area contributed by atoms with E-state index in [-0.39, 0.29) is 12.5 Å². The molecule has 0 aliphatic carbocycles. The fourth-order valence-electron chi connectivity index (χ4n) is 2.34. The highest BCUT2D eigenvalue weighted by atomic mass is 32.2. The first kappa shape index (κ1) is 18.4. The number of aryl methyl sites for hydroxylation is 1. The number of carbonyl (C=O) groups excluding carboxylic acids is 1. The summed E-state index contributed by atoms with van der Waals surface area (Å²) in [6, 6.07) is 7.32. The quantitative estimate of drug-likeness (QED) is 0.453. The average Bonchev–Trinajstić information content (AvgIpc) is 2.76. The Hall–Kier alpha value is -1.97. The molecule has 1 heterocycles. The molecule has 0 unspecified atom stereocenters. The van der Waals surface area contributed by atoms with Gasteiger partial charge >= 0.3 is 0 Å². The summed E-state index contributed by atoms with van der Waals surface area (Å²) in [5.41, 5.74) is 1.98. The van der Waals surface area contributed by atoms with Gasteiger partial charge in [-0.3, -0.25) is 4.79 Å². The van der Waals surface area contributed by atoms with Crippen molar-refractivity contribution in [1.82, 2.24) is 14.5 Å². The summed E-state index contributed by atoms with van der Waals surface area (Å²) in [5, 5.41) is 2.73. The Kier molecular flexibility index (Phi) is 5.58. The third-order valence-corrected chi connectivity index (χ3v) is 4.62. The van der Waals surface area contributed by atoms with Gasteiger partial charge in [0.2, 0.25) is 5.91 Å². The van der Waals surface area contributed by atoms with E-state index in [9.17, 15) is 17.8 Å². The van der Waals surface area contributed by atoms with Gasteiger partial charge in [-0.05, 0) is 31.3 Å². The first-order valence-electron chi connectivity index (χ1n) is 7.26. The topological polar surface area (TPSA) is 96.2 Å². The van der Waals surface area contributed by atoms with Crippen molar-refractivity contribution in [3.8, 4) is 0 Å². The highest BCUT2D eigenvalue weighted by molar-refractivity contribution is 7.85. The summed E-state index contributed by atoms with van der Waals surface area (Å²) in [5.74, 6) is -0.760. The maximum Gasteiger partial charge on any atom is 0.246 e. The van der Waals surface area contributed by atoms with E-state index in [2.05, 4.69) is 11.9 Å². The number of hydrogen-bond donors (Lipinski definition) is 1. The van der Waals surface area contributed by atoms with Crippen molar-refractivity contribution in [3.05, 3.63) is 41.2 Å². The van der Waals surface area contributed by atoms with Crippen LogP contribution in [-0.4, -0.2) is 40.3 Å². The lowest BCUT2D eigenvalue weighted by Crippen LogP contribution is -2.27. The zero-order valence-corrected chi connectivity index (χ0v) is 14.8. The Balaban J connectivity index is 2.30. The molecule has 0 aliphatic heterocycles. The number of benzene rings is 1. The molecule has 130 valence electrons. The SMILES string of the molecule is C=C(C)C(=O)NCCn1c(=S)n(CCS(=O)(=O)[O-])c2ccccc21. The number of carbonyl (C=O) groups is 1. The molecule has 0 saturated carbocycles. The molecule has 0 spiro atoms. The summed E-state index contributed by atoms with van der Waals surface area (Å²) >= 11 is 5.41. The minimum atomic E-state index is -4.33. The highest BCUT2D eigenvalue weighted by Crippen LogP contribution is 2.18. The number of para-hydroxylation sites is 2. The third kappa shape index (κ3) is 4.31. The maximum atomic E-state index is 11.5. The van der Waals surface area contributed by atoms with E-state index in [1.54, 1.807) is 16.1 Å². The molecule has 0 saturated heterocycles. The van der Waals surface area contributed by atoms with Crippen molar-refractivity contribution >= 4 is 39.3 Å². The van der Waals surface area contributed by atoms with E-state index >= 15 is 0 Å². The fraction of sp³-hybridized carbons (Fsp3) is 0.333. The van der Waals surface area contributed by atoms with Crippen LogP contribution < -0.4 is 5.32 Å². The molecule has 1 N–H and O–H groups in total. The number of imidazole rings is 1. The van der Waals surface area contributed by atoms with Crippen LogP contribution in [0.2, 0.25) is 0 Å². The van der Waals surface area contributed by atoms with Crippen molar-refractivity contribution in [2.75, 3.05) is 12.3 Å². The van der Waals surface area contributed by atoms with Crippen molar-refractivity contribution in [2.45, 2.75) is 20.0 Å². The molecule has 24 heavy (non-hydrogen) atoms. The van der Waals surface area contributed by atoms with Crippen LogP contribution in [0.3, 0.4) is 0 Å². The number of amides is 1. The number of hydrogen-bond acceptors (Lipinski definition) is 5. The summed E-state index contributed by atoms with van der Waals surface area (Å²) in [6.45, 7) is 5.97. The van der Waals surface area contributed by atoms with E-state index in [4.69, 9.17) is 12.2 Å². The molecular formula is C15H18N3O4S2-. The maximum absolute atomic E-state index is 11.5. The van der Waals surface area contributed by atoms with Gasteiger partial charge < -0.3 is 19.0 Å². The largest absolute Gasteiger partial charge is 0.748 e. The molecule has 1 aromatic carbocycles. The minimum Gasteiger partial charge on any atom is -0.748 e. The lowest BCUT2D eigenvalue weighted by molar-refractivity contribution is -0.117. The zero-order valence-electron chi connectivity index (χ0n) is 13.2. The molecule has 0 aliphatic rings. The van der Waals surface area contributed by atoms with Crippen LogP contribution in [-0.2, 0) is 28.0 Å². The first-order valence-corrected chi connectivity index (χ1v) is 9.24. The smallest absolute Gasteiger partial charge is 0.246 e. The van der Waals surface area contributed by atoms with Crippen molar-refractivity contribution in [2.24, 2.45) is 0 Å². The van der Waals surface area contributed by atoms with Gasteiger partial charge in [0.1, 0.15) is 0 Å². The van der Waals surface area contributed by atoms with Crippen LogP contribution in [0.5, 0.6) is 0 Å². The van der Waals surface area contributed by atoms with Crippen LogP contribution >= 0.6 is 12.2 Å².